The Labute approximate surface area is 162 Å². The van der Waals surface area contributed by atoms with Gasteiger partial charge in [-0.3, -0.25) is 4.79 Å². The molecule has 0 spiro atoms. The number of pyridine rings is 1. The van der Waals surface area contributed by atoms with Crippen LogP contribution in [0.3, 0.4) is 0 Å². The van der Waals surface area contributed by atoms with E-state index >= 15 is 0 Å². The second kappa shape index (κ2) is 8.31. The molecule has 0 radical (unpaired) electrons. The average molecular weight is 376 g/mol. The Morgan fingerprint density at radius 1 is 0.964 bits per heavy atom. The van der Waals surface area contributed by atoms with Crippen molar-refractivity contribution in [2.24, 2.45) is 0 Å². The summed E-state index contributed by atoms with van der Waals surface area (Å²) in [5.74, 6) is 1.87. The molecule has 0 bridgehead atoms. The van der Waals surface area contributed by atoms with Crippen LogP contribution in [-0.4, -0.2) is 25.8 Å². The van der Waals surface area contributed by atoms with Crippen molar-refractivity contribution in [1.82, 2.24) is 4.98 Å². The highest BCUT2D eigenvalue weighted by Gasteiger charge is 2.14. The lowest BCUT2D eigenvalue weighted by Crippen LogP contribution is -2.12. The summed E-state index contributed by atoms with van der Waals surface area (Å²) in [7, 11) is 3.11. The van der Waals surface area contributed by atoms with Crippen LogP contribution in [-0.2, 0) is 0 Å². The summed E-state index contributed by atoms with van der Waals surface area (Å²) in [6.45, 7) is 2.48. The molecule has 0 fully saturated rings. The molecular formula is C22H20N2O4. The maximum Gasteiger partial charge on any atom is 0.266 e. The van der Waals surface area contributed by atoms with Crippen molar-refractivity contribution in [2.75, 3.05) is 20.8 Å². The van der Waals surface area contributed by atoms with Gasteiger partial charge in [0.05, 0.1) is 20.8 Å². The van der Waals surface area contributed by atoms with Gasteiger partial charge in [0.15, 0.2) is 11.5 Å². The summed E-state index contributed by atoms with van der Waals surface area (Å²) in [6.07, 6.45) is 0. The summed E-state index contributed by atoms with van der Waals surface area (Å²) >= 11 is 0. The van der Waals surface area contributed by atoms with Crippen molar-refractivity contribution in [2.45, 2.75) is 6.92 Å². The van der Waals surface area contributed by atoms with Crippen molar-refractivity contribution in [1.29, 1.82) is 5.26 Å². The van der Waals surface area contributed by atoms with Crippen molar-refractivity contribution < 1.29 is 14.2 Å². The minimum Gasteiger partial charge on any atom is -0.494 e. The van der Waals surface area contributed by atoms with Gasteiger partial charge in [-0.15, -0.1) is 0 Å². The molecule has 1 aromatic heterocycles. The zero-order valence-electron chi connectivity index (χ0n) is 15.9. The molecule has 6 heteroatoms. The number of hydrogen-bond acceptors (Lipinski definition) is 5. The summed E-state index contributed by atoms with van der Waals surface area (Å²) in [5, 5.41) is 9.48. The molecule has 6 nitrogen and oxygen atoms in total. The number of aromatic amines is 1. The Morgan fingerprint density at radius 3 is 2.25 bits per heavy atom. The number of rotatable bonds is 6. The Morgan fingerprint density at radius 2 is 1.64 bits per heavy atom. The first-order valence-electron chi connectivity index (χ1n) is 8.74. The van der Waals surface area contributed by atoms with E-state index < -0.39 is 5.56 Å². The van der Waals surface area contributed by atoms with E-state index in [9.17, 15) is 10.1 Å². The smallest absolute Gasteiger partial charge is 0.266 e. The van der Waals surface area contributed by atoms with Crippen LogP contribution in [0.4, 0.5) is 0 Å². The molecule has 0 unspecified atom stereocenters. The van der Waals surface area contributed by atoms with E-state index in [4.69, 9.17) is 14.2 Å². The first-order chi connectivity index (χ1) is 13.6. The van der Waals surface area contributed by atoms with E-state index in [1.54, 1.807) is 32.4 Å². The summed E-state index contributed by atoms with van der Waals surface area (Å²) < 4.78 is 16.1. The molecule has 2 aromatic carbocycles. The van der Waals surface area contributed by atoms with Crippen LogP contribution in [0.15, 0.2) is 53.3 Å². The number of H-pyrrole nitrogens is 1. The second-order valence-corrected chi connectivity index (χ2v) is 5.94. The number of methoxy groups -OCH3 is 2. The Balaban J connectivity index is 2.13. The lowest BCUT2D eigenvalue weighted by Gasteiger charge is -2.12. The third-order valence-electron chi connectivity index (χ3n) is 4.32. The summed E-state index contributed by atoms with van der Waals surface area (Å²) in [5.41, 5.74) is 2.25. The van der Waals surface area contributed by atoms with Crippen molar-refractivity contribution >= 4 is 0 Å². The van der Waals surface area contributed by atoms with Gasteiger partial charge >= 0.3 is 0 Å². The lowest BCUT2D eigenvalue weighted by molar-refractivity contribution is 0.340. The lowest BCUT2D eigenvalue weighted by atomic mass is 9.99. The molecule has 3 aromatic rings. The minimum absolute atomic E-state index is 0.0633. The first kappa shape index (κ1) is 19.1. The van der Waals surface area contributed by atoms with Crippen molar-refractivity contribution in [3.63, 3.8) is 0 Å². The summed E-state index contributed by atoms with van der Waals surface area (Å²) in [4.78, 5) is 15.3. The largest absolute Gasteiger partial charge is 0.494 e. The highest BCUT2D eigenvalue weighted by molar-refractivity contribution is 5.76. The molecule has 0 aliphatic rings. The van der Waals surface area contributed by atoms with Crippen molar-refractivity contribution in [3.8, 4) is 45.7 Å². The van der Waals surface area contributed by atoms with Crippen LogP contribution in [0, 0.1) is 11.3 Å². The predicted molar refractivity (Wildman–Crippen MR) is 107 cm³/mol. The standard InChI is InChI=1S/C22H20N2O4/c1-4-28-16-8-5-14(6-9-16)17-12-19(24-22(25)18(17)13-23)15-7-10-20(26-2)21(11-15)27-3/h5-12H,4H2,1-3H3,(H,24,25). The van der Waals surface area contributed by atoms with Gasteiger partial charge < -0.3 is 19.2 Å². The predicted octanol–water partition coefficient (Wildman–Crippen LogP) is 4.00. The fourth-order valence-corrected chi connectivity index (χ4v) is 2.96. The van der Waals surface area contributed by atoms with E-state index in [0.717, 1.165) is 16.9 Å². The number of aromatic nitrogens is 1. The van der Waals surface area contributed by atoms with E-state index in [-0.39, 0.29) is 5.56 Å². The van der Waals surface area contributed by atoms with Gasteiger partial charge in [0.25, 0.3) is 5.56 Å². The van der Waals surface area contributed by atoms with Gasteiger partial charge in [-0.25, -0.2) is 0 Å². The maximum absolute atomic E-state index is 12.5. The third kappa shape index (κ3) is 3.69. The number of nitrogens with one attached hydrogen (secondary N) is 1. The van der Waals surface area contributed by atoms with Crippen LogP contribution >= 0.6 is 0 Å². The van der Waals surface area contributed by atoms with Crippen LogP contribution in [0.2, 0.25) is 0 Å². The van der Waals surface area contributed by atoms with Gasteiger partial charge in [0, 0.05) is 16.8 Å². The van der Waals surface area contributed by atoms with Crippen LogP contribution in [0.1, 0.15) is 12.5 Å². The average Bonchev–Trinajstić information content (AvgIpc) is 2.73. The minimum atomic E-state index is -0.446. The van der Waals surface area contributed by atoms with Gasteiger partial charge in [0.1, 0.15) is 17.4 Å². The van der Waals surface area contributed by atoms with Gasteiger partial charge in [-0.05, 0) is 48.9 Å². The topological polar surface area (TPSA) is 84.3 Å². The highest BCUT2D eigenvalue weighted by Crippen LogP contribution is 2.33. The Bertz CT molecular complexity index is 1080. The molecule has 0 aliphatic heterocycles. The normalized spacial score (nSPS) is 10.2. The van der Waals surface area contributed by atoms with Crippen LogP contribution in [0.5, 0.6) is 17.2 Å². The number of nitrogens with zero attached hydrogens (tertiary/aromatic N) is 1. The fraction of sp³-hybridized carbons (Fsp3) is 0.182. The second-order valence-electron chi connectivity index (χ2n) is 5.94. The fourth-order valence-electron chi connectivity index (χ4n) is 2.96. The van der Waals surface area contributed by atoms with Gasteiger partial charge in [-0.1, -0.05) is 12.1 Å². The van der Waals surface area contributed by atoms with E-state index in [1.807, 2.05) is 43.3 Å². The molecule has 0 aliphatic carbocycles. The molecule has 28 heavy (non-hydrogen) atoms. The molecule has 0 amide bonds. The zero-order valence-corrected chi connectivity index (χ0v) is 15.9. The molecule has 3 rings (SSSR count). The number of nitriles is 1. The van der Waals surface area contributed by atoms with E-state index in [1.165, 1.54) is 0 Å². The highest BCUT2D eigenvalue weighted by atomic mass is 16.5. The zero-order chi connectivity index (χ0) is 20.1. The number of benzene rings is 2. The molecule has 142 valence electrons. The van der Waals surface area contributed by atoms with E-state index in [2.05, 4.69) is 4.98 Å². The SMILES string of the molecule is CCOc1ccc(-c2cc(-c3ccc(OC)c(OC)c3)[nH]c(=O)c2C#N)cc1. The number of hydrogen-bond donors (Lipinski definition) is 1. The quantitative estimate of drug-likeness (QED) is 0.703. The van der Waals surface area contributed by atoms with Gasteiger partial charge in [0.2, 0.25) is 0 Å². The number of ether oxygens (including phenoxy) is 3. The maximum atomic E-state index is 12.5. The molecule has 1 heterocycles. The molecule has 0 saturated carbocycles. The van der Waals surface area contributed by atoms with Crippen LogP contribution < -0.4 is 19.8 Å². The van der Waals surface area contributed by atoms with E-state index in [0.29, 0.717) is 29.4 Å². The van der Waals surface area contributed by atoms with Crippen LogP contribution in [0.25, 0.3) is 22.4 Å². The third-order valence-corrected chi connectivity index (χ3v) is 4.32. The Kier molecular flexibility index (Phi) is 5.66. The molecule has 1 N–H and O–H groups in total. The molecule has 0 saturated heterocycles. The first-order valence-corrected chi connectivity index (χ1v) is 8.74. The summed E-state index contributed by atoms with van der Waals surface area (Å²) in [6, 6.07) is 16.4. The molecular weight excluding hydrogens is 356 g/mol. The Hall–Kier alpha value is -3.72. The van der Waals surface area contributed by atoms with Crippen molar-refractivity contribution in [3.05, 3.63) is 64.4 Å². The monoisotopic (exact) mass is 376 g/mol. The molecule has 0 atom stereocenters. The van der Waals surface area contributed by atoms with Gasteiger partial charge in [-0.2, -0.15) is 5.26 Å².